The van der Waals surface area contributed by atoms with E-state index in [-0.39, 0.29) is 18.7 Å². The number of pyridine rings is 1. The van der Waals surface area contributed by atoms with Gasteiger partial charge in [0.2, 0.25) is 5.91 Å². The maximum absolute atomic E-state index is 13.5. The van der Waals surface area contributed by atoms with Crippen LogP contribution in [0, 0.1) is 17.1 Å². The van der Waals surface area contributed by atoms with Crippen LogP contribution in [-0.2, 0) is 11.3 Å². The van der Waals surface area contributed by atoms with E-state index in [1.54, 1.807) is 7.05 Å². The van der Waals surface area contributed by atoms with E-state index in [2.05, 4.69) is 10.7 Å². The first kappa shape index (κ1) is 16.1. The van der Waals surface area contributed by atoms with Crippen molar-refractivity contribution in [3.63, 3.8) is 0 Å². The number of nitrogens with one attached hydrogen (secondary N) is 2. The molecule has 22 heavy (non-hydrogen) atoms. The molecule has 1 aromatic rings. The number of carbonyl (C=O) groups is 1. The summed E-state index contributed by atoms with van der Waals surface area (Å²) >= 11 is 0. The third-order valence-electron chi connectivity index (χ3n) is 3.38. The molecule has 1 aromatic heterocycles. The van der Waals surface area contributed by atoms with Gasteiger partial charge in [-0.25, -0.2) is 19.2 Å². The molecular weight excluding hydrogens is 296 g/mol. The van der Waals surface area contributed by atoms with Crippen molar-refractivity contribution in [3.8, 4) is 6.07 Å². The Balaban J connectivity index is 2.15. The lowest BCUT2D eigenvalue weighted by Gasteiger charge is -2.18. The van der Waals surface area contributed by atoms with Crippen molar-refractivity contribution >= 4 is 11.6 Å². The highest BCUT2D eigenvalue weighted by Crippen LogP contribution is 2.15. The first-order valence-corrected chi connectivity index (χ1v) is 6.61. The zero-order chi connectivity index (χ0) is 16.3. The maximum atomic E-state index is 13.5. The van der Waals surface area contributed by atoms with Gasteiger partial charge in [-0.15, -0.1) is 0 Å². The van der Waals surface area contributed by atoms with Gasteiger partial charge in [0.05, 0.1) is 18.3 Å². The summed E-state index contributed by atoms with van der Waals surface area (Å²) in [6.45, 7) is -1.11. The van der Waals surface area contributed by atoms with Crippen LogP contribution in [0.2, 0.25) is 0 Å². The molecular formula is C13H15F2N5O2. The number of carbonyl (C=O) groups excluding carboxylic acids is 1. The predicted molar refractivity (Wildman–Crippen MR) is 74.0 cm³/mol. The van der Waals surface area contributed by atoms with Crippen LogP contribution in [0.25, 0.3) is 0 Å². The predicted octanol–water partition coefficient (Wildman–Crippen LogP) is -0.00372. The number of alkyl halides is 1. The summed E-state index contributed by atoms with van der Waals surface area (Å²) in [7, 11) is 1.62. The summed E-state index contributed by atoms with van der Waals surface area (Å²) in [5, 5.41) is 12.8. The highest BCUT2D eigenvalue weighted by Gasteiger charge is 2.34. The number of hydrazine groups is 1. The summed E-state index contributed by atoms with van der Waals surface area (Å²) in [6, 6.07) is 1.82. The number of rotatable bonds is 4. The van der Waals surface area contributed by atoms with Crippen LogP contribution in [0.15, 0.2) is 17.1 Å². The minimum atomic E-state index is -1.07. The number of nitriles is 1. The number of aromatic nitrogens is 1. The Morgan fingerprint density at radius 3 is 2.95 bits per heavy atom. The monoisotopic (exact) mass is 311 g/mol. The molecule has 0 saturated carbocycles. The van der Waals surface area contributed by atoms with Crippen molar-refractivity contribution in [2.45, 2.75) is 25.0 Å². The van der Waals surface area contributed by atoms with Crippen LogP contribution in [0.4, 0.5) is 14.5 Å². The number of hydrogen-bond acceptors (Lipinski definition) is 5. The highest BCUT2D eigenvalue weighted by molar-refractivity contribution is 5.94. The van der Waals surface area contributed by atoms with E-state index in [1.165, 1.54) is 11.2 Å². The molecule has 0 radical (unpaired) electrons. The molecule has 2 unspecified atom stereocenters. The van der Waals surface area contributed by atoms with Gasteiger partial charge in [-0.1, -0.05) is 0 Å². The summed E-state index contributed by atoms with van der Waals surface area (Å²) in [6.07, 6.45) is 1.47. The zero-order valence-electron chi connectivity index (χ0n) is 11.8. The molecule has 1 fully saturated rings. The molecule has 7 nitrogen and oxygen atoms in total. The van der Waals surface area contributed by atoms with Gasteiger partial charge in [-0.05, 0) is 0 Å². The van der Waals surface area contributed by atoms with Gasteiger partial charge in [0.1, 0.15) is 18.8 Å². The van der Waals surface area contributed by atoms with Gasteiger partial charge < -0.3 is 9.88 Å². The fraction of sp³-hybridized carbons (Fsp3) is 0.462. The van der Waals surface area contributed by atoms with Crippen molar-refractivity contribution < 1.29 is 13.6 Å². The molecule has 2 heterocycles. The van der Waals surface area contributed by atoms with E-state index in [1.807, 2.05) is 6.07 Å². The highest BCUT2D eigenvalue weighted by atomic mass is 19.1. The van der Waals surface area contributed by atoms with Gasteiger partial charge in [-0.3, -0.25) is 9.59 Å². The molecule has 1 aliphatic rings. The van der Waals surface area contributed by atoms with Crippen molar-refractivity contribution in [2.75, 3.05) is 19.0 Å². The van der Waals surface area contributed by atoms with E-state index >= 15 is 0 Å². The minimum absolute atomic E-state index is 0.0596. The second-order valence-corrected chi connectivity index (χ2v) is 4.93. The first-order chi connectivity index (χ1) is 10.5. The molecule has 0 bridgehead atoms. The third-order valence-corrected chi connectivity index (χ3v) is 3.38. The normalized spacial score (nSPS) is 21.5. The standard InChI is InChI=1S/C13H15F2N5O2/c1-19-11(5-8(6-16)18-19)12(21)17-9-4-10(15)13(22)20(7-9)3-2-14/h4,7-8,11,18H,2-3,5H2,1H3,(H,17,21). The lowest BCUT2D eigenvalue weighted by Crippen LogP contribution is -2.42. The number of amides is 1. The average molecular weight is 311 g/mol. The molecule has 2 atom stereocenters. The quantitative estimate of drug-likeness (QED) is 0.817. The molecule has 0 spiro atoms. The van der Waals surface area contributed by atoms with E-state index in [0.29, 0.717) is 0 Å². The lowest BCUT2D eigenvalue weighted by atomic mass is 10.1. The van der Waals surface area contributed by atoms with Crippen molar-refractivity contribution in [1.29, 1.82) is 5.26 Å². The van der Waals surface area contributed by atoms with E-state index in [9.17, 15) is 18.4 Å². The van der Waals surface area contributed by atoms with E-state index in [0.717, 1.165) is 10.6 Å². The van der Waals surface area contributed by atoms with Crippen LogP contribution in [-0.4, -0.2) is 41.3 Å². The molecule has 2 N–H and O–H groups in total. The molecule has 118 valence electrons. The average Bonchev–Trinajstić information content (AvgIpc) is 2.85. The Kier molecular flexibility index (Phi) is 4.85. The van der Waals surface area contributed by atoms with Gasteiger partial charge in [0.15, 0.2) is 5.82 Å². The first-order valence-electron chi connectivity index (χ1n) is 6.61. The van der Waals surface area contributed by atoms with Crippen LogP contribution in [0.5, 0.6) is 0 Å². The Morgan fingerprint density at radius 2 is 2.36 bits per heavy atom. The number of nitrogens with zero attached hydrogens (tertiary/aromatic N) is 3. The number of hydrogen-bond donors (Lipinski definition) is 2. The van der Waals surface area contributed by atoms with Crippen LogP contribution in [0.3, 0.4) is 0 Å². The van der Waals surface area contributed by atoms with Crippen LogP contribution >= 0.6 is 0 Å². The Bertz CT molecular complexity index is 669. The van der Waals surface area contributed by atoms with Crippen LogP contribution in [0.1, 0.15) is 6.42 Å². The lowest BCUT2D eigenvalue weighted by molar-refractivity contribution is -0.120. The number of aryl methyl sites for hydroxylation is 1. The number of anilines is 1. The topological polar surface area (TPSA) is 90.2 Å². The van der Waals surface area contributed by atoms with Gasteiger partial charge in [0, 0.05) is 25.7 Å². The summed E-state index contributed by atoms with van der Waals surface area (Å²) in [4.78, 5) is 23.6. The summed E-state index contributed by atoms with van der Waals surface area (Å²) < 4.78 is 26.7. The Morgan fingerprint density at radius 1 is 1.64 bits per heavy atom. The van der Waals surface area contributed by atoms with E-state index < -0.39 is 36.0 Å². The Hall–Kier alpha value is -2.31. The molecule has 1 saturated heterocycles. The van der Waals surface area contributed by atoms with Crippen molar-refractivity contribution in [2.24, 2.45) is 0 Å². The minimum Gasteiger partial charge on any atom is -0.323 e. The fourth-order valence-corrected chi connectivity index (χ4v) is 2.28. The molecule has 1 aliphatic heterocycles. The largest absolute Gasteiger partial charge is 0.323 e. The molecule has 9 heteroatoms. The van der Waals surface area contributed by atoms with Gasteiger partial charge in [-0.2, -0.15) is 5.26 Å². The summed E-state index contributed by atoms with van der Waals surface area (Å²) in [5.41, 5.74) is 1.92. The second kappa shape index (κ2) is 6.64. The van der Waals surface area contributed by atoms with Crippen molar-refractivity contribution in [1.82, 2.24) is 15.0 Å². The maximum Gasteiger partial charge on any atom is 0.286 e. The van der Waals surface area contributed by atoms with E-state index in [4.69, 9.17) is 5.26 Å². The third kappa shape index (κ3) is 3.29. The summed E-state index contributed by atoms with van der Waals surface area (Å²) in [5.74, 6) is -1.52. The van der Waals surface area contributed by atoms with Gasteiger partial charge >= 0.3 is 0 Å². The Labute approximate surface area is 125 Å². The number of likely N-dealkylation sites (N-methyl/N-ethyl adjacent to an activating group) is 1. The number of halogens is 2. The molecule has 2 rings (SSSR count). The smallest absolute Gasteiger partial charge is 0.286 e. The fourth-order valence-electron chi connectivity index (χ4n) is 2.28. The zero-order valence-corrected chi connectivity index (χ0v) is 11.8. The SMILES string of the molecule is CN1NC(C#N)CC1C(=O)Nc1cc(F)c(=O)n(CCF)c1. The molecule has 0 aliphatic carbocycles. The van der Waals surface area contributed by atoms with Crippen molar-refractivity contribution in [3.05, 3.63) is 28.4 Å². The second-order valence-electron chi connectivity index (χ2n) is 4.93. The molecule has 1 amide bonds. The van der Waals surface area contributed by atoms with Gasteiger partial charge in [0.25, 0.3) is 5.56 Å². The van der Waals surface area contributed by atoms with Crippen LogP contribution < -0.4 is 16.3 Å². The molecule has 0 aromatic carbocycles.